The predicted molar refractivity (Wildman–Crippen MR) is 62.7 cm³/mol. The molecule has 6 heteroatoms. The summed E-state index contributed by atoms with van der Waals surface area (Å²) < 4.78 is 4.67. The molecular formula is C11H20O6. The summed E-state index contributed by atoms with van der Waals surface area (Å²) in [4.78, 5) is 28.3. The minimum Gasteiger partial charge on any atom is -0.481 e. The normalized spacial score (nSPS) is 7.47. The Kier molecular flexibility index (Phi) is 20.0. The Morgan fingerprint density at radius 3 is 1.76 bits per heavy atom. The van der Waals surface area contributed by atoms with Crippen LogP contribution in [0.3, 0.4) is 0 Å². The number of carboxylic acid groups (broad SMARTS) is 2. The lowest BCUT2D eigenvalue weighted by atomic mass is 10.4. The quantitative estimate of drug-likeness (QED) is 0.446. The zero-order valence-corrected chi connectivity index (χ0v) is 10.4. The van der Waals surface area contributed by atoms with Gasteiger partial charge in [0.05, 0.1) is 6.61 Å². The van der Waals surface area contributed by atoms with E-state index < -0.39 is 11.9 Å². The molecule has 0 aliphatic carbocycles. The van der Waals surface area contributed by atoms with Gasteiger partial charge in [0.2, 0.25) is 0 Å². The second-order valence-corrected chi connectivity index (χ2v) is 2.76. The molecule has 0 aromatic carbocycles. The SMILES string of the molecule is C=CC(=O)OCCCC.CC(=O)O.CC(=O)O. The van der Waals surface area contributed by atoms with Gasteiger partial charge in [0.15, 0.2) is 0 Å². The van der Waals surface area contributed by atoms with Crippen LogP contribution in [0.15, 0.2) is 12.7 Å². The number of aliphatic carboxylic acids is 2. The van der Waals surface area contributed by atoms with E-state index in [-0.39, 0.29) is 5.97 Å². The Morgan fingerprint density at radius 1 is 1.18 bits per heavy atom. The van der Waals surface area contributed by atoms with Crippen LogP contribution in [0.5, 0.6) is 0 Å². The van der Waals surface area contributed by atoms with Gasteiger partial charge in [0, 0.05) is 19.9 Å². The molecule has 0 atom stereocenters. The van der Waals surface area contributed by atoms with Crippen molar-refractivity contribution < 1.29 is 29.3 Å². The van der Waals surface area contributed by atoms with Gasteiger partial charge in [-0.1, -0.05) is 19.9 Å². The predicted octanol–water partition coefficient (Wildman–Crippen LogP) is 1.70. The van der Waals surface area contributed by atoms with Crippen molar-refractivity contribution in [2.75, 3.05) is 6.61 Å². The first kappa shape index (κ1) is 20.5. The molecule has 0 amide bonds. The van der Waals surface area contributed by atoms with Crippen LogP contribution >= 0.6 is 0 Å². The average molecular weight is 248 g/mol. The standard InChI is InChI=1S/C7H12O2.2C2H4O2/c1-3-5-6-9-7(8)4-2;2*1-2(3)4/h4H,2-3,5-6H2,1H3;2*1H3,(H,3,4). The third-order valence-electron chi connectivity index (χ3n) is 0.909. The summed E-state index contributed by atoms with van der Waals surface area (Å²) in [6.45, 7) is 7.99. The van der Waals surface area contributed by atoms with E-state index in [2.05, 4.69) is 11.3 Å². The van der Waals surface area contributed by atoms with Gasteiger partial charge in [-0.15, -0.1) is 0 Å². The molecule has 2 N–H and O–H groups in total. The van der Waals surface area contributed by atoms with Gasteiger partial charge < -0.3 is 14.9 Å². The number of ether oxygens (including phenoxy) is 1. The van der Waals surface area contributed by atoms with Crippen molar-refractivity contribution in [3.63, 3.8) is 0 Å². The zero-order valence-electron chi connectivity index (χ0n) is 10.4. The minimum absolute atomic E-state index is 0.330. The third kappa shape index (κ3) is 78.8. The van der Waals surface area contributed by atoms with E-state index in [1.54, 1.807) is 0 Å². The van der Waals surface area contributed by atoms with E-state index in [9.17, 15) is 4.79 Å². The Hall–Kier alpha value is -1.85. The number of carbonyl (C=O) groups is 3. The van der Waals surface area contributed by atoms with Crippen molar-refractivity contribution in [3.05, 3.63) is 12.7 Å². The number of hydrogen-bond acceptors (Lipinski definition) is 4. The highest BCUT2D eigenvalue weighted by Crippen LogP contribution is 1.88. The maximum atomic E-state index is 10.3. The van der Waals surface area contributed by atoms with Gasteiger partial charge in [-0.2, -0.15) is 0 Å². The molecule has 0 aromatic heterocycles. The Labute approximate surface area is 101 Å². The van der Waals surface area contributed by atoms with Gasteiger partial charge >= 0.3 is 5.97 Å². The van der Waals surface area contributed by atoms with Crippen molar-refractivity contribution in [1.29, 1.82) is 0 Å². The Bertz CT molecular complexity index is 214. The number of rotatable bonds is 4. The minimum atomic E-state index is -0.833. The molecule has 0 saturated heterocycles. The van der Waals surface area contributed by atoms with Crippen LogP contribution in [-0.2, 0) is 19.1 Å². The summed E-state index contributed by atoms with van der Waals surface area (Å²) in [6, 6.07) is 0. The van der Waals surface area contributed by atoms with E-state index >= 15 is 0 Å². The molecule has 0 aromatic rings. The molecule has 0 aliphatic rings. The van der Waals surface area contributed by atoms with E-state index in [1.807, 2.05) is 6.92 Å². The second-order valence-electron chi connectivity index (χ2n) is 2.76. The van der Waals surface area contributed by atoms with E-state index in [1.165, 1.54) is 6.08 Å². The molecule has 17 heavy (non-hydrogen) atoms. The van der Waals surface area contributed by atoms with Gasteiger partial charge in [-0.05, 0) is 6.42 Å². The fourth-order valence-electron chi connectivity index (χ4n) is 0.376. The maximum Gasteiger partial charge on any atom is 0.330 e. The van der Waals surface area contributed by atoms with E-state index in [4.69, 9.17) is 19.8 Å². The smallest absolute Gasteiger partial charge is 0.330 e. The fourth-order valence-corrected chi connectivity index (χ4v) is 0.376. The van der Waals surface area contributed by atoms with Crippen molar-refractivity contribution in [1.82, 2.24) is 0 Å². The maximum absolute atomic E-state index is 10.3. The highest BCUT2D eigenvalue weighted by molar-refractivity contribution is 5.81. The Morgan fingerprint density at radius 2 is 1.53 bits per heavy atom. The lowest BCUT2D eigenvalue weighted by molar-refractivity contribution is -0.138. The lowest BCUT2D eigenvalue weighted by Crippen LogP contribution is -2.00. The molecule has 0 aliphatic heterocycles. The molecule has 0 heterocycles. The van der Waals surface area contributed by atoms with Gasteiger partial charge in [0.25, 0.3) is 11.9 Å². The van der Waals surface area contributed by atoms with Crippen LogP contribution in [0.4, 0.5) is 0 Å². The van der Waals surface area contributed by atoms with Gasteiger partial charge in [-0.3, -0.25) is 9.59 Å². The summed E-state index contributed by atoms with van der Waals surface area (Å²) >= 11 is 0. The van der Waals surface area contributed by atoms with Gasteiger partial charge in [0.1, 0.15) is 0 Å². The fraction of sp³-hybridized carbons (Fsp3) is 0.545. The number of hydrogen-bond donors (Lipinski definition) is 2. The summed E-state index contributed by atoms with van der Waals surface area (Å²) in [6.07, 6.45) is 3.15. The van der Waals surface area contributed by atoms with Crippen molar-refractivity contribution in [3.8, 4) is 0 Å². The third-order valence-corrected chi connectivity index (χ3v) is 0.909. The topological polar surface area (TPSA) is 101 Å². The molecule has 0 unspecified atom stereocenters. The highest BCUT2D eigenvalue weighted by Gasteiger charge is 1.91. The number of esters is 1. The van der Waals surface area contributed by atoms with E-state index in [0.29, 0.717) is 6.61 Å². The van der Waals surface area contributed by atoms with Crippen LogP contribution < -0.4 is 0 Å². The number of carboxylic acids is 2. The molecular weight excluding hydrogens is 228 g/mol. The summed E-state index contributed by atoms with van der Waals surface area (Å²) in [5.74, 6) is -2.00. The van der Waals surface area contributed by atoms with Crippen LogP contribution in [-0.4, -0.2) is 34.7 Å². The zero-order chi connectivity index (χ0) is 14.3. The molecule has 0 fully saturated rings. The molecule has 6 nitrogen and oxygen atoms in total. The lowest BCUT2D eigenvalue weighted by Gasteiger charge is -1.97. The first-order chi connectivity index (χ1) is 7.77. The molecule has 0 bridgehead atoms. The van der Waals surface area contributed by atoms with Crippen molar-refractivity contribution in [2.45, 2.75) is 33.6 Å². The summed E-state index contributed by atoms with van der Waals surface area (Å²) in [5.41, 5.74) is 0. The first-order valence-corrected chi connectivity index (χ1v) is 4.96. The molecule has 0 saturated carbocycles. The number of carbonyl (C=O) groups excluding carboxylic acids is 1. The second kappa shape index (κ2) is 16.6. The largest absolute Gasteiger partial charge is 0.481 e. The van der Waals surface area contributed by atoms with Crippen LogP contribution in [0.1, 0.15) is 33.6 Å². The van der Waals surface area contributed by atoms with Crippen molar-refractivity contribution in [2.24, 2.45) is 0 Å². The highest BCUT2D eigenvalue weighted by atomic mass is 16.5. The first-order valence-electron chi connectivity index (χ1n) is 4.96. The molecule has 0 spiro atoms. The van der Waals surface area contributed by atoms with Gasteiger partial charge in [-0.25, -0.2) is 4.79 Å². The monoisotopic (exact) mass is 248 g/mol. The van der Waals surface area contributed by atoms with E-state index in [0.717, 1.165) is 26.7 Å². The molecule has 0 radical (unpaired) electrons. The Balaban J connectivity index is -0.000000205. The average Bonchev–Trinajstić information content (AvgIpc) is 2.16. The van der Waals surface area contributed by atoms with Crippen molar-refractivity contribution >= 4 is 17.9 Å². The molecule has 100 valence electrons. The van der Waals surface area contributed by atoms with Crippen LogP contribution in [0.2, 0.25) is 0 Å². The molecule has 0 rings (SSSR count). The van der Waals surface area contributed by atoms with Crippen LogP contribution in [0, 0.1) is 0 Å². The number of unbranched alkanes of at least 4 members (excludes halogenated alkanes) is 1. The summed E-state index contributed by atoms with van der Waals surface area (Å²) in [5, 5.41) is 14.8. The van der Waals surface area contributed by atoms with Crippen LogP contribution in [0.25, 0.3) is 0 Å². The summed E-state index contributed by atoms with van der Waals surface area (Å²) in [7, 11) is 0.